The molecule has 1 N–H and O–H groups in total. The molecule has 0 unspecified atom stereocenters. The van der Waals surface area contributed by atoms with Crippen LogP contribution in [0.5, 0.6) is 0 Å². The maximum absolute atomic E-state index is 12.1. The minimum Gasteiger partial charge on any atom is -0.323 e. The number of carbonyl (C=O) groups is 1. The fourth-order valence-corrected chi connectivity index (χ4v) is 3.26. The molecule has 0 aromatic heterocycles. The first-order valence-electron chi connectivity index (χ1n) is 6.67. The third-order valence-corrected chi connectivity index (χ3v) is 4.51. The molecule has 1 rings (SSSR count). The molecule has 0 spiro atoms. The van der Waals surface area contributed by atoms with Crippen molar-refractivity contribution in [2.45, 2.75) is 27.2 Å². The van der Waals surface area contributed by atoms with E-state index in [2.05, 4.69) is 5.32 Å². The zero-order valence-electron chi connectivity index (χ0n) is 12.7. The van der Waals surface area contributed by atoms with Crippen LogP contribution in [0.3, 0.4) is 0 Å². The second-order valence-corrected chi connectivity index (χ2v) is 7.47. The number of aryl methyl sites for hydroxylation is 2. The third kappa shape index (κ3) is 5.30. The molecule has 0 saturated heterocycles. The van der Waals surface area contributed by atoms with E-state index in [4.69, 9.17) is 11.6 Å². The predicted molar refractivity (Wildman–Crippen MR) is 86.3 cm³/mol. The van der Waals surface area contributed by atoms with Gasteiger partial charge in [-0.25, -0.2) is 8.42 Å². The van der Waals surface area contributed by atoms with Crippen LogP contribution in [0.4, 0.5) is 5.69 Å². The summed E-state index contributed by atoms with van der Waals surface area (Å²) in [5, 5.41) is 3.14. The lowest BCUT2D eigenvalue weighted by molar-refractivity contribution is -0.116. The number of hydrogen-bond acceptors (Lipinski definition) is 3. The number of nitrogens with zero attached hydrogens (tertiary/aromatic N) is 1. The summed E-state index contributed by atoms with van der Waals surface area (Å²) in [5.74, 6) is -0.400. The lowest BCUT2D eigenvalue weighted by atomic mass is 10.1. The van der Waals surface area contributed by atoms with Crippen LogP contribution >= 0.6 is 11.6 Å². The number of amides is 1. The van der Waals surface area contributed by atoms with E-state index < -0.39 is 15.9 Å². The van der Waals surface area contributed by atoms with E-state index in [0.29, 0.717) is 23.7 Å². The number of rotatable bonds is 6. The Morgan fingerprint density at radius 1 is 1.33 bits per heavy atom. The van der Waals surface area contributed by atoms with E-state index in [-0.39, 0.29) is 6.54 Å². The van der Waals surface area contributed by atoms with Crippen molar-refractivity contribution in [3.8, 4) is 0 Å². The summed E-state index contributed by atoms with van der Waals surface area (Å²) in [6.07, 6.45) is 1.74. The third-order valence-electron chi connectivity index (χ3n) is 2.96. The average molecular weight is 333 g/mol. The first-order valence-corrected chi connectivity index (χ1v) is 8.89. The highest BCUT2D eigenvalue weighted by molar-refractivity contribution is 7.88. The molecular weight excluding hydrogens is 312 g/mol. The number of carbonyl (C=O) groups excluding carboxylic acids is 1. The van der Waals surface area contributed by atoms with Gasteiger partial charge in [0.15, 0.2) is 0 Å². The first-order chi connectivity index (χ1) is 9.65. The highest BCUT2D eigenvalue weighted by atomic mass is 35.5. The van der Waals surface area contributed by atoms with Crippen molar-refractivity contribution >= 4 is 33.2 Å². The van der Waals surface area contributed by atoms with E-state index in [1.165, 1.54) is 0 Å². The van der Waals surface area contributed by atoms with E-state index in [1.54, 1.807) is 6.07 Å². The van der Waals surface area contributed by atoms with Crippen molar-refractivity contribution in [3.05, 3.63) is 28.3 Å². The van der Waals surface area contributed by atoms with Crippen LogP contribution in [-0.4, -0.2) is 38.0 Å². The molecule has 0 heterocycles. The number of sulfonamides is 1. The van der Waals surface area contributed by atoms with Crippen LogP contribution in [0.25, 0.3) is 0 Å². The fourth-order valence-electron chi connectivity index (χ4n) is 2.02. The highest BCUT2D eigenvalue weighted by Crippen LogP contribution is 2.27. The van der Waals surface area contributed by atoms with Crippen LogP contribution in [0, 0.1) is 13.8 Å². The highest BCUT2D eigenvalue weighted by Gasteiger charge is 2.20. The minimum atomic E-state index is -3.40. The Bertz CT molecular complexity index is 606. The molecule has 1 aromatic carbocycles. The molecular formula is C14H21ClN2O3S. The normalized spacial score (nSPS) is 11.7. The standard InChI is InChI=1S/C14H21ClN2O3S/c1-5-6-17(21(4,19)20)9-13(18)16-14-11(3)7-10(2)8-12(14)15/h7-8H,5-6,9H2,1-4H3,(H,16,18). The van der Waals surface area contributed by atoms with Gasteiger partial charge in [-0.1, -0.05) is 24.6 Å². The SMILES string of the molecule is CCCN(CC(=O)Nc1c(C)cc(C)cc1Cl)S(C)(=O)=O. The van der Waals surface area contributed by atoms with Crippen molar-refractivity contribution in [1.29, 1.82) is 0 Å². The zero-order chi connectivity index (χ0) is 16.2. The molecule has 1 aromatic rings. The number of benzene rings is 1. The predicted octanol–water partition coefficient (Wildman–Crippen LogP) is 2.57. The second-order valence-electron chi connectivity index (χ2n) is 5.08. The van der Waals surface area contributed by atoms with E-state index in [1.807, 2.05) is 26.8 Å². The average Bonchev–Trinajstić information content (AvgIpc) is 2.32. The van der Waals surface area contributed by atoms with Gasteiger partial charge in [-0.3, -0.25) is 4.79 Å². The van der Waals surface area contributed by atoms with Gasteiger partial charge in [-0.05, 0) is 37.5 Å². The van der Waals surface area contributed by atoms with E-state index >= 15 is 0 Å². The van der Waals surface area contributed by atoms with Gasteiger partial charge in [0.1, 0.15) is 0 Å². The summed E-state index contributed by atoms with van der Waals surface area (Å²) < 4.78 is 24.4. The van der Waals surface area contributed by atoms with Crippen molar-refractivity contribution in [2.75, 3.05) is 24.7 Å². The van der Waals surface area contributed by atoms with Crippen molar-refractivity contribution in [2.24, 2.45) is 0 Å². The largest absolute Gasteiger partial charge is 0.323 e. The van der Waals surface area contributed by atoms with Gasteiger partial charge in [-0.15, -0.1) is 0 Å². The van der Waals surface area contributed by atoms with Crippen LogP contribution in [-0.2, 0) is 14.8 Å². The maximum atomic E-state index is 12.1. The second kappa shape index (κ2) is 7.24. The first kappa shape index (κ1) is 17.9. The Balaban J connectivity index is 2.87. The molecule has 1 amide bonds. The minimum absolute atomic E-state index is 0.212. The zero-order valence-corrected chi connectivity index (χ0v) is 14.3. The summed E-state index contributed by atoms with van der Waals surface area (Å²) in [5.41, 5.74) is 2.37. The summed E-state index contributed by atoms with van der Waals surface area (Å²) >= 11 is 6.12. The summed E-state index contributed by atoms with van der Waals surface area (Å²) in [6, 6.07) is 3.66. The van der Waals surface area contributed by atoms with Crippen LogP contribution in [0.1, 0.15) is 24.5 Å². The molecule has 0 saturated carbocycles. The Kier molecular flexibility index (Phi) is 6.19. The van der Waals surface area contributed by atoms with Crippen molar-refractivity contribution < 1.29 is 13.2 Å². The molecule has 0 fully saturated rings. The van der Waals surface area contributed by atoms with Gasteiger partial charge in [-0.2, -0.15) is 4.31 Å². The molecule has 118 valence electrons. The Morgan fingerprint density at radius 2 is 1.95 bits per heavy atom. The van der Waals surface area contributed by atoms with Crippen LogP contribution < -0.4 is 5.32 Å². The van der Waals surface area contributed by atoms with Crippen LogP contribution in [0.15, 0.2) is 12.1 Å². The van der Waals surface area contributed by atoms with Gasteiger partial charge in [0.2, 0.25) is 15.9 Å². The monoisotopic (exact) mass is 332 g/mol. The van der Waals surface area contributed by atoms with Gasteiger partial charge in [0, 0.05) is 6.54 Å². The molecule has 0 aliphatic rings. The quantitative estimate of drug-likeness (QED) is 0.870. The van der Waals surface area contributed by atoms with Gasteiger partial charge in [0.25, 0.3) is 0 Å². The lowest BCUT2D eigenvalue weighted by Gasteiger charge is -2.19. The van der Waals surface area contributed by atoms with Crippen molar-refractivity contribution in [1.82, 2.24) is 4.31 Å². The maximum Gasteiger partial charge on any atom is 0.239 e. The van der Waals surface area contributed by atoms with Gasteiger partial charge in [0.05, 0.1) is 23.5 Å². The van der Waals surface area contributed by atoms with Crippen LogP contribution in [0.2, 0.25) is 5.02 Å². The summed E-state index contributed by atoms with van der Waals surface area (Å²) in [6.45, 7) is 5.71. The number of nitrogens with one attached hydrogen (secondary N) is 1. The Morgan fingerprint density at radius 3 is 2.43 bits per heavy atom. The smallest absolute Gasteiger partial charge is 0.239 e. The fraction of sp³-hybridized carbons (Fsp3) is 0.500. The topological polar surface area (TPSA) is 66.5 Å². The molecule has 21 heavy (non-hydrogen) atoms. The molecule has 0 aliphatic heterocycles. The number of hydrogen-bond donors (Lipinski definition) is 1. The number of anilines is 1. The molecule has 5 nitrogen and oxygen atoms in total. The molecule has 7 heteroatoms. The Hall–Kier alpha value is -1.11. The lowest BCUT2D eigenvalue weighted by Crippen LogP contribution is -2.37. The van der Waals surface area contributed by atoms with Gasteiger partial charge >= 0.3 is 0 Å². The molecule has 0 radical (unpaired) electrons. The molecule has 0 atom stereocenters. The molecule has 0 bridgehead atoms. The Labute approximate surface area is 131 Å². The molecule has 0 aliphatic carbocycles. The number of halogens is 1. The van der Waals surface area contributed by atoms with E-state index in [9.17, 15) is 13.2 Å². The van der Waals surface area contributed by atoms with E-state index in [0.717, 1.165) is 21.7 Å². The summed E-state index contributed by atoms with van der Waals surface area (Å²) in [4.78, 5) is 12.1. The van der Waals surface area contributed by atoms with Gasteiger partial charge < -0.3 is 5.32 Å². The summed E-state index contributed by atoms with van der Waals surface area (Å²) in [7, 11) is -3.40. The van der Waals surface area contributed by atoms with Crippen molar-refractivity contribution in [3.63, 3.8) is 0 Å².